The average molecular weight is 453 g/mol. The zero-order valence-corrected chi connectivity index (χ0v) is 23.4. The number of rotatable bonds is 10. The Morgan fingerprint density at radius 2 is 1.11 bits per heavy atom. The molecule has 6 nitrogen and oxygen atoms in total. The lowest BCUT2D eigenvalue weighted by Crippen LogP contribution is -2.57. The Hall–Kier alpha value is -0.272. The molecular weight excluding hydrogens is 413 g/mol. The first kappa shape index (κ1) is 26.7. The summed E-state index contributed by atoms with van der Waals surface area (Å²) in [6, 6.07) is 0. The van der Waals surface area contributed by atoms with Crippen LogP contribution in [0.2, 0.25) is 78.6 Å². The largest absolute Gasteiger partial charge is 0.520 e. The highest BCUT2D eigenvalue weighted by atomic mass is 28.4. The molecule has 0 bridgehead atoms. The Kier molecular flexibility index (Phi) is 8.94. The first-order valence-electron chi connectivity index (χ1n) is 9.44. The predicted molar refractivity (Wildman–Crippen MR) is 120 cm³/mol. The molecule has 1 atom stereocenters. The van der Waals surface area contributed by atoms with Crippen LogP contribution in [0, 0.1) is 0 Å². The number of hydrogen-bond donors (Lipinski definition) is 0. The molecule has 0 aliphatic rings. The minimum atomic E-state index is -2.20. The summed E-state index contributed by atoms with van der Waals surface area (Å²) in [6.45, 7) is 23.7. The summed E-state index contributed by atoms with van der Waals surface area (Å²) in [5, 5.41) is 0. The van der Waals surface area contributed by atoms with Crippen LogP contribution in [-0.4, -0.2) is 57.4 Å². The fourth-order valence-electron chi connectivity index (χ4n) is 2.19. The third-order valence-corrected chi connectivity index (χ3v) is 6.51. The smallest absolute Gasteiger partial charge is 0.327 e. The fourth-order valence-corrected chi connectivity index (χ4v) is 5.74. The van der Waals surface area contributed by atoms with Gasteiger partial charge < -0.3 is 17.7 Å². The van der Waals surface area contributed by atoms with Crippen LogP contribution in [0.15, 0.2) is 0 Å². The Morgan fingerprint density at radius 1 is 0.667 bits per heavy atom. The van der Waals surface area contributed by atoms with Gasteiger partial charge in [-0.05, 0) is 78.6 Å². The summed E-state index contributed by atoms with van der Waals surface area (Å²) < 4.78 is 23.8. The standard InChI is InChI=1S/C17H40O6Si4/c1-24(2,3)20-14-17(23-27(10,11)12,16(19)22-26(7,8)9)13-15(18)21-25(4,5)6/h13-14H2,1-12H3/t17-/m0/s1. The molecule has 0 N–H and O–H groups in total. The normalized spacial score (nSPS) is 15.9. The van der Waals surface area contributed by atoms with E-state index in [-0.39, 0.29) is 13.0 Å². The van der Waals surface area contributed by atoms with Gasteiger partial charge in [-0.3, -0.25) is 9.59 Å². The molecule has 0 aliphatic carbocycles. The number of carbonyl (C=O) groups is 2. The van der Waals surface area contributed by atoms with E-state index in [4.69, 9.17) is 17.7 Å². The van der Waals surface area contributed by atoms with Gasteiger partial charge in [0.2, 0.25) is 16.6 Å². The SMILES string of the molecule is C[Si](C)(C)OC[C@](CC(=O)O[Si](C)(C)C)(O[Si](C)(C)C)C(=O)O[Si](C)(C)C. The van der Waals surface area contributed by atoms with Gasteiger partial charge in [-0.15, -0.1) is 0 Å². The lowest BCUT2D eigenvalue weighted by Gasteiger charge is -2.39. The minimum absolute atomic E-state index is 0.0110. The molecule has 0 unspecified atom stereocenters. The molecule has 0 heterocycles. The third kappa shape index (κ3) is 12.7. The van der Waals surface area contributed by atoms with Crippen molar-refractivity contribution in [1.82, 2.24) is 0 Å². The molecule has 0 saturated heterocycles. The first-order valence-corrected chi connectivity index (χ1v) is 23.1. The van der Waals surface area contributed by atoms with Crippen LogP contribution in [0.5, 0.6) is 0 Å². The highest BCUT2D eigenvalue weighted by molar-refractivity contribution is 6.72. The fraction of sp³-hybridized carbons (Fsp3) is 0.882. The van der Waals surface area contributed by atoms with E-state index in [1.807, 2.05) is 78.6 Å². The summed E-state index contributed by atoms with van der Waals surface area (Å²) in [5.74, 6) is -0.936. The number of carbonyl (C=O) groups excluding carboxylic acids is 2. The van der Waals surface area contributed by atoms with Gasteiger partial charge in [-0.2, -0.15) is 0 Å². The monoisotopic (exact) mass is 452 g/mol. The molecule has 10 heteroatoms. The van der Waals surface area contributed by atoms with E-state index >= 15 is 0 Å². The quantitative estimate of drug-likeness (QED) is 0.452. The predicted octanol–water partition coefficient (Wildman–Crippen LogP) is 4.57. The highest BCUT2D eigenvalue weighted by Gasteiger charge is 2.49. The van der Waals surface area contributed by atoms with E-state index in [0.29, 0.717) is 0 Å². The van der Waals surface area contributed by atoms with Crippen molar-refractivity contribution in [2.24, 2.45) is 0 Å². The van der Waals surface area contributed by atoms with Crippen LogP contribution in [0.1, 0.15) is 6.42 Å². The maximum Gasteiger partial charge on any atom is 0.327 e. The second-order valence-electron chi connectivity index (χ2n) is 10.9. The highest BCUT2D eigenvalue weighted by Crippen LogP contribution is 2.28. The van der Waals surface area contributed by atoms with E-state index in [0.717, 1.165) is 0 Å². The van der Waals surface area contributed by atoms with Crippen LogP contribution >= 0.6 is 0 Å². The average Bonchev–Trinajstić information content (AvgIpc) is 2.28. The molecule has 0 aromatic carbocycles. The molecule has 0 aliphatic heterocycles. The van der Waals surface area contributed by atoms with Gasteiger partial charge in [0.05, 0.1) is 13.0 Å². The molecule has 0 spiro atoms. The van der Waals surface area contributed by atoms with E-state index in [1.165, 1.54) is 0 Å². The maximum absolute atomic E-state index is 13.2. The van der Waals surface area contributed by atoms with Crippen molar-refractivity contribution in [2.45, 2.75) is 90.6 Å². The van der Waals surface area contributed by atoms with Crippen LogP contribution < -0.4 is 0 Å². The first-order chi connectivity index (χ1) is 11.6. The van der Waals surface area contributed by atoms with Crippen LogP contribution in [0.4, 0.5) is 0 Å². The Bertz CT molecular complexity index is 526. The molecule has 0 rings (SSSR count). The van der Waals surface area contributed by atoms with Crippen molar-refractivity contribution in [2.75, 3.05) is 6.61 Å². The van der Waals surface area contributed by atoms with Crippen molar-refractivity contribution in [3.8, 4) is 0 Å². The molecule has 0 aromatic rings. The molecule has 0 aromatic heterocycles. The van der Waals surface area contributed by atoms with Gasteiger partial charge in [0, 0.05) is 0 Å². The van der Waals surface area contributed by atoms with Crippen molar-refractivity contribution >= 4 is 45.2 Å². The van der Waals surface area contributed by atoms with Crippen LogP contribution in [0.3, 0.4) is 0 Å². The molecule has 0 amide bonds. The number of hydrogen-bond acceptors (Lipinski definition) is 6. The van der Waals surface area contributed by atoms with E-state index < -0.39 is 50.8 Å². The second-order valence-corrected chi connectivity index (χ2v) is 28.7. The summed E-state index contributed by atoms with van der Waals surface area (Å²) in [5.41, 5.74) is -1.46. The molecular formula is C17H40O6Si4. The maximum atomic E-state index is 13.2. The van der Waals surface area contributed by atoms with Crippen molar-refractivity contribution in [3.05, 3.63) is 0 Å². The van der Waals surface area contributed by atoms with Gasteiger partial charge in [0.15, 0.2) is 22.2 Å². The molecule has 0 fully saturated rings. The van der Waals surface area contributed by atoms with Crippen molar-refractivity contribution < 1.29 is 27.3 Å². The van der Waals surface area contributed by atoms with E-state index in [2.05, 4.69) is 0 Å². The van der Waals surface area contributed by atoms with Gasteiger partial charge in [0.25, 0.3) is 5.97 Å². The van der Waals surface area contributed by atoms with Crippen LogP contribution in [0.25, 0.3) is 0 Å². The molecule has 0 radical (unpaired) electrons. The van der Waals surface area contributed by atoms with E-state index in [1.54, 1.807) is 0 Å². The zero-order valence-electron chi connectivity index (χ0n) is 19.4. The van der Waals surface area contributed by atoms with E-state index in [9.17, 15) is 9.59 Å². The Labute approximate surface area is 169 Å². The van der Waals surface area contributed by atoms with Crippen molar-refractivity contribution in [3.63, 3.8) is 0 Å². The summed E-state index contributed by atoms with van der Waals surface area (Å²) >= 11 is 0. The molecule has 0 saturated carbocycles. The van der Waals surface area contributed by atoms with Crippen molar-refractivity contribution in [1.29, 1.82) is 0 Å². The lowest BCUT2D eigenvalue weighted by atomic mass is 10.0. The Balaban J connectivity index is 5.97. The summed E-state index contributed by atoms with van der Waals surface area (Å²) in [4.78, 5) is 25.9. The molecule has 160 valence electrons. The lowest BCUT2D eigenvalue weighted by molar-refractivity contribution is -0.164. The minimum Gasteiger partial charge on any atom is -0.520 e. The summed E-state index contributed by atoms with van der Waals surface area (Å²) in [6.07, 6.45) is -0.185. The zero-order chi connectivity index (χ0) is 21.9. The van der Waals surface area contributed by atoms with Crippen LogP contribution in [-0.2, 0) is 27.3 Å². The Morgan fingerprint density at radius 3 is 1.44 bits per heavy atom. The van der Waals surface area contributed by atoms with Gasteiger partial charge >= 0.3 is 5.97 Å². The second kappa shape index (κ2) is 9.03. The van der Waals surface area contributed by atoms with Gasteiger partial charge in [-0.1, -0.05) is 0 Å². The van der Waals surface area contributed by atoms with Gasteiger partial charge in [0.1, 0.15) is 0 Å². The third-order valence-electron chi connectivity index (χ3n) is 2.86. The summed E-state index contributed by atoms with van der Waals surface area (Å²) in [7, 11) is -8.42. The topological polar surface area (TPSA) is 71.1 Å². The molecule has 27 heavy (non-hydrogen) atoms. The van der Waals surface area contributed by atoms with Gasteiger partial charge in [-0.25, -0.2) is 0 Å².